The normalized spacial score (nSPS) is 28.8. The van der Waals surface area contributed by atoms with Crippen molar-refractivity contribution >= 4 is 0 Å². The highest BCUT2D eigenvalue weighted by Crippen LogP contribution is 2.38. The van der Waals surface area contributed by atoms with E-state index in [-0.39, 0.29) is 0 Å². The lowest BCUT2D eigenvalue weighted by Gasteiger charge is -2.32. The van der Waals surface area contributed by atoms with Gasteiger partial charge in [-0.05, 0) is 39.3 Å². The van der Waals surface area contributed by atoms with Crippen molar-refractivity contribution in [2.24, 2.45) is 12.5 Å². The molecule has 1 aliphatic rings. The van der Waals surface area contributed by atoms with Crippen molar-refractivity contribution in [3.05, 3.63) is 18.0 Å². The molecule has 17 heavy (non-hydrogen) atoms. The van der Waals surface area contributed by atoms with E-state index >= 15 is 0 Å². The van der Waals surface area contributed by atoms with Crippen LogP contribution in [0, 0.1) is 5.41 Å². The van der Waals surface area contributed by atoms with Crippen molar-refractivity contribution in [3.63, 3.8) is 0 Å². The highest BCUT2D eigenvalue weighted by atomic mass is 16.5. The van der Waals surface area contributed by atoms with Crippen LogP contribution in [0.25, 0.3) is 0 Å². The van der Waals surface area contributed by atoms with Gasteiger partial charge in [0.1, 0.15) is 0 Å². The van der Waals surface area contributed by atoms with E-state index in [1.165, 1.54) is 5.69 Å². The molecular weight excluding hydrogens is 214 g/mol. The summed E-state index contributed by atoms with van der Waals surface area (Å²) in [6.45, 7) is 4.13. The highest BCUT2D eigenvalue weighted by molar-refractivity contribution is 5.02. The molecule has 2 atom stereocenters. The van der Waals surface area contributed by atoms with Crippen LogP contribution in [0.3, 0.4) is 0 Å². The Bertz CT molecular complexity index is 363. The number of hydrogen-bond acceptors (Lipinski definition) is 3. The third-order valence-corrected chi connectivity index (χ3v) is 4.16. The Morgan fingerprint density at radius 3 is 3.00 bits per heavy atom. The van der Waals surface area contributed by atoms with Crippen LogP contribution in [0.5, 0.6) is 0 Å². The minimum atomic E-state index is 0.291. The standard InChI is InChI=1S/C13H23N3O/c1-11-13(10-14-2,7-9-17-11)6-4-12-5-8-15-16(12)3/h5,8,11,14H,4,6-7,9-10H2,1-3H3. The lowest BCUT2D eigenvalue weighted by atomic mass is 9.77. The molecular formula is C13H23N3O. The summed E-state index contributed by atoms with van der Waals surface area (Å²) in [7, 11) is 4.03. The van der Waals surface area contributed by atoms with Gasteiger partial charge in [0.2, 0.25) is 0 Å². The van der Waals surface area contributed by atoms with Crippen LogP contribution in [0.4, 0.5) is 0 Å². The molecule has 1 saturated heterocycles. The van der Waals surface area contributed by atoms with E-state index in [1.54, 1.807) is 0 Å². The molecule has 1 fully saturated rings. The van der Waals surface area contributed by atoms with Crippen molar-refractivity contribution in [1.29, 1.82) is 0 Å². The van der Waals surface area contributed by atoms with Crippen LogP contribution in [-0.4, -0.2) is 36.1 Å². The zero-order chi connectivity index (χ0) is 12.3. The molecule has 0 spiro atoms. The van der Waals surface area contributed by atoms with Crippen molar-refractivity contribution in [2.75, 3.05) is 20.2 Å². The number of nitrogens with one attached hydrogen (secondary N) is 1. The summed E-state index contributed by atoms with van der Waals surface area (Å²) < 4.78 is 7.72. The Morgan fingerprint density at radius 1 is 1.65 bits per heavy atom. The quantitative estimate of drug-likeness (QED) is 0.840. The molecule has 4 nitrogen and oxygen atoms in total. The first-order valence-electron chi connectivity index (χ1n) is 6.41. The molecule has 0 saturated carbocycles. The van der Waals surface area contributed by atoms with Gasteiger partial charge >= 0.3 is 0 Å². The van der Waals surface area contributed by atoms with E-state index in [0.29, 0.717) is 11.5 Å². The van der Waals surface area contributed by atoms with Gasteiger partial charge in [0.25, 0.3) is 0 Å². The average Bonchev–Trinajstić information content (AvgIpc) is 2.85. The van der Waals surface area contributed by atoms with Crippen LogP contribution in [0.1, 0.15) is 25.5 Å². The second-order valence-electron chi connectivity index (χ2n) is 5.10. The molecule has 1 N–H and O–H groups in total. The second kappa shape index (κ2) is 5.19. The number of hydrogen-bond donors (Lipinski definition) is 1. The fourth-order valence-electron chi connectivity index (χ4n) is 2.84. The Hall–Kier alpha value is -0.870. The van der Waals surface area contributed by atoms with Gasteiger partial charge in [-0.1, -0.05) is 0 Å². The third kappa shape index (κ3) is 2.53. The number of aryl methyl sites for hydroxylation is 2. The summed E-state index contributed by atoms with van der Waals surface area (Å²) in [5.74, 6) is 0. The molecule has 1 aliphatic heterocycles. The number of aromatic nitrogens is 2. The van der Waals surface area contributed by atoms with Crippen molar-refractivity contribution in [3.8, 4) is 0 Å². The van der Waals surface area contributed by atoms with E-state index in [0.717, 1.165) is 32.4 Å². The minimum Gasteiger partial charge on any atom is -0.378 e. The Morgan fingerprint density at radius 2 is 2.47 bits per heavy atom. The SMILES string of the molecule is CNCC1(CCc2ccnn2C)CCOC1C. The lowest BCUT2D eigenvalue weighted by Crippen LogP contribution is -2.38. The van der Waals surface area contributed by atoms with Gasteiger partial charge in [-0.25, -0.2) is 0 Å². The van der Waals surface area contributed by atoms with E-state index in [9.17, 15) is 0 Å². The van der Waals surface area contributed by atoms with Gasteiger partial charge in [0.15, 0.2) is 0 Å². The van der Waals surface area contributed by atoms with Gasteiger partial charge in [0.05, 0.1) is 6.10 Å². The van der Waals surface area contributed by atoms with Crippen molar-refractivity contribution in [1.82, 2.24) is 15.1 Å². The Labute approximate surface area is 103 Å². The minimum absolute atomic E-state index is 0.291. The summed E-state index contributed by atoms with van der Waals surface area (Å²) >= 11 is 0. The lowest BCUT2D eigenvalue weighted by molar-refractivity contribution is 0.0594. The average molecular weight is 237 g/mol. The maximum Gasteiger partial charge on any atom is 0.0616 e. The number of ether oxygens (including phenoxy) is 1. The molecule has 2 rings (SSSR count). The highest BCUT2D eigenvalue weighted by Gasteiger charge is 2.40. The Kier molecular flexibility index (Phi) is 3.84. The molecule has 0 aromatic carbocycles. The molecule has 0 bridgehead atoms. The smallest absolute Gasteiger partial charge is 0.0616 e. The number of rotatable bonds is 5. The molecule has 2 heterocycles. The fourth-order valence-corrected chi connectivity index (χ4v) is 2.84. The van der Waals surface area contributed by atoms with Gasteiger partial charge in [-0.15, -0.1) is 0 Å². The fraction of sp³-hybridized carbons (Fsp3) is 0.769. The third-order valence-electron chi connectivity index (χ3n) is 4.16. The molecule has 0 amide bonds. The van der Waals surface area contributed by atoms with Crippen LogP contribution in [-0.2, 0) is 18.2 Å². The zero-order valence-corrected chi connectivity index (χ0v) is 11.1. The van der Waals surface area contributed by atoms with Gasteiger partial charge in [0, 0.05) is 37.5 Å². The predicted molar refractivity (Wildman–Crippen MR) is 67.9 cm³/mol. The molecule has 1 aromatic heterocycles. The Balaban J connectivity index is 2.01. The molecule has 96 valence electrons. The van der Waals surface area contributed by atoms with Crippen LogP contribution in [0.15, 0.2) is 12.3 Å². The molecule has 1 aromatic rings. The molecule has 2 unspecified atom stereocenters. The predicted octanol–water partition coefficient (Wildman–Crippen LogP) is 1.37. The van der Waals surface area contributed by atoms with E-state index in [2.05, 4.69) is 23.4 Å². The van der Waals surface area contributed by atoms with Crippen molar-refractivity contribution in [2.45, 2.75) is 32.3 Å². The first-order chi connectivity index (χ1) is 8.18. The molecule has 0 radical (unpaired) electrons. The van der Waals surface area contributed by atoms with Crippen LogP contribution < -0.4 is 5.32 Å². The summed E-state index contributed by atoms with van der Waals surface area (Å²) in [6.07, 6.45) is 5.62. The first kappa shape index (κ1) is 12.6. The van der Waals surface area contributed by atoms with E-state index < -0.39 is 0 Å². The van der Waals surface area contributed by atoms with Crippen LogP contribution >= 0.6 is 0 Å². The number of nitrogens with zero attached hydrogens (tertiary/aromatic N) is 2. The maximum atomic E-state index is 5.76. The zero-order valence-electron chi connectivity index (χ0n) is 11.1. The van der Waals surface area contributed by atoms with Gasteiger partial charge in [-0.2, -0.15) is 5.10 Å². The van der Waals surface area contributed by atoms with Gasteiger partial charge in [-0.3, -0.25) is 4.68 Å². The molecule has 0 aliphatic carbocycles. The van der Waals surface area contributed by atoms with Gasteiger partial charge < -0.3 is 10.1 Å². The van der Waals surface area contributed by atoms with Crippen LogP contribution in [0.2, 0.25) is 0 Å². The van der Waals surface area contributed by atoms with E-state index in [1.807, 2.05) is 25.0 Å². The van der Waals surface area contributed by atoms with Crippen molar-refractivity contribution < 1.29 is 4.74 Å². The molecule has 4 heteroatoms. The topological polar surface area (TPSA) is 39.1 Å². The summed E-state index contributed by atoms with van der Waals surface area (Å²) in [6, 6.07) is 2.10. The summed E-state index contributed by atoms with van der Waals surface area (Å²) in [5.41, 5.74) is 1.60. The first-order valence-corrected chi connectivity index (χ1v) is 6.41. The second-order valence-corrected chi connectivity index (χ2v) is 5.10. The maximum absolute atomic E-state index is 5.76. The largest absolute Gasteiger partial charge is 0.378 e. The summed E-state index contributed by atoms with van der Waals surface area (Å²) in [5, 5.41) is 7.54. The summed E-state index contributed by atoms with van der Waals surface area (Å²) in [4.78, 5) is 0. The van der Waals surface area contributed by atoms with E-state index in [4.69, 9.17) is 4.74 Å². The monoisotopic (exact) mass is 237 g/mol.